The summed E-state index contributed by atoms with van der Waals surface area (Å²) in [7, 11) is 0. The summed E-state index contributed by atoms with van der Waals surface area (Å²) in [6.45, 7) is 5.65. The minimum Gasteiger partial charge on any atom is -0.457 e. The number of carbonyl (C=O) groups is 6. The molecule has 12 nitrogen and oxygen atoms in total. The monoisotopic (exact) mass is 1160 g/mol. The topological polar surface area (TPSA) is 166 Å². The maximum absolute atomic E-state index is 13.1. The number of rotatable bonds is 12. The number of hydrogen-bond donors (Lipinski definition) is 3. The number of carbonyl (C=O) groups excluding carboxylic acids is 6. The van der Waals surface area contributed by atoms with Crippen molar-refractivity contribution in [1.82, 2.24) is 16.0 Å². The number of aryl methyl sites for hydroxylation is 3. The molecule has 0 fully saturated rings. The predicted octanol–water partition coefficient (Wildman–Crippen LogP) is 14.8. The van der Waals surface area contributed by atoms with Gasteiger partial charge in [0.2, 0.25) is 0 Å². The van der Waals surface area contributed by atoms with Crippen molar-refractivity contribution in [2.75, 3.05) is 0 Å². The molecular weight excluding hydrogens is 1110 g/mol. The van der Waals surface area contributed by atoms with Gasteiger partial charge in [-0.1, -0.05) is 71.3 Å². The first-order valence-corrected chi connectivity index (χ1v) is 25.2. The molecule has 84 heavy (non-hydrogen) atoms. The molecule has 432 valence electrons. The average Bonchev–Trinajstić information content (AvgIpc) is 2.86. The Labute approximate surface area is 474 Å². The van der Waals surface area contributed by atoms with E-state index in [4.69, 9.17) is 14.2 Å². The van der Waals surface area contributed by atoms with E-state index in [9.17, 15) is 68.3 Å². The molecule has 0 saturated carbocycles. The average molecular weight is 1160 g/mol. The lowest BCUT2D eigenvalue weighted by Crippen LogP contribution is -2.24. The normalized spacial score (nSPS) is 13.9. The molecule has 6 aromatic carbocycles. The summed E-state index contributed by atoms with van der Waals surface area (Å²) >= 11 is 0. The van der Waals surface area contributed by atoms with Crippen LogP contribution >= 0.6 is 0 Å². The molecule has 3 aliphatic rings. The van der Waals surface area contributed by atoms with E-state index in [-0.39, 0.29) is 87.6 Å². The first-order valence-electron chi connectivity index (χ1n) is 25.2. The third-order valence-electron chi connectivity index (χ3n) is 12.0. The molecule has 0 aromatic heterocycles. The van der Waals surface area contributed by atoms with Crippen LogP contribution in [0, 0.1) is 20.8 Å². The van der Waals surface area contributed by atoms with Gasteiger partial charge in [0.05, 0.1) is 33.4 Å². The Kier molecular flexibility index (Phi) is 19.6. The van der Waals surface area contributed by atoms with E-state index in [1.807, 2.05) is 20.8 Å². The van der Waals surface area contributed by atoms with Gasteiger partial charge in [0, 0.05) is 54.6 Å². The van der Waals surface area contributed by atoms with Gasteiger partial charge in [0.1, 0.15) is 34.5 Å². The van der Waals surface area contributed by atoms with Crippen LogP contribution in [-0.4, -0.2) is 35.1 Å². The van der Waals surface area contributed by atoms with Gasteiger partial charge >= 0.3 is 18.5 Å². The van der Waals surface area contributed by atoms with Crippen LogP contribution in [-0.2, 0) is 32.9 Å². The highest BCUT2D eigenvalue weighted by molar-refractivity contribution is 6.02. The summed E-state index contributed by atoms with van der Waals surface area (Å²) in [4.78, 5) is 72.2. The number of ketones is 3. The summed E-state index contributed by atoms with van der Waals surface area (Å²) in [6.07, 6.45) is -0.264. The molecule has 0 bridgehead atoms. The van der Waals surface area contributed by atoms with Crippen molar-refractivity contribution in [3.63, 3.8) is 0 Å². The van der Waals surface area contributed by atoms with E-state index < -0.39 is 52.9 Å². The van der Waals surface area contributed by atoms with E-state index in [0.29, 0.717) is 17.2 Å². The molecule has 9 rings (SSSR count). The zero-order valence-electron chi connectivity index (χ0n) is 44.5. The standard InChI is InChI=1S/3C21H16F3NO3/c3*1-13-5-8-17(9-6-13)28-19-10-7-14(21(22,23)24)11-18(19)20(27)25-15-3-2-4-16(26)12-15/h3*2-3,5-12H,4H2,1H3,(H,25,27). The number of benzene rings is 6. The highest BCUT2D eigenvalue weighted by Crippen LogP contribution is 2.38. The highest BCUT2D eigenvalue weighted by atomic mass is 19.4. The first kappa shape index (κ1) is 61.6. The second-order valence-electron chi connectivity index (χ2n) is 18.8. The van der Waals surface area contributed by atoms with Crippen LogP contribution in [0.2, 0.25) is 0 Å². The lowest BCUT2D eigenvalue weighted by molar-refractivity contribution is -0.138. The van der Waals surface area contributed by atoms with Crippen LogP contribution in [0.1, 0.15) is 83.7 Å². The second-order valence-corrected chi connectivity index (χ2v) is 18.8. The minimum atomic E-state index is -4.61. The Morgan fingerprint density at radius 3 is 0.821 bits per heavy atom. The molecule has 0 heterocycles. The fourth-order valence-electron chi connectivity index (χ4n) is 7.69. The number of alkyl halides is 9. The van der Waals surface area contributed by atoms with Crippen molar-refractivity contribution >= 4 is 35.1 Å². The Hall–Kier alpha value is -10.1. The van der Waals surface area contributed by atoms with Gasteiger partial charge in [-0.15, -0.1) is 0 Å². The third-order valence-corrected chi connectivity index (χ3v) is 12.0. The van der Waals surface area contributed by atoms with Crippen LogP contribution in [0.5, 0.6) is 34.5 Å². The quantitative estimate of drug-likeness (QED) is 0.101. The fraction of sp³-hybridized carbons (Fsp3) is 0.143. The molecule has 0 unspecified atom stereocenters. The van der Waals surface area contributed by atoms with E-state index in [2.05, 4.69) is 16.0 Å². The van der Waals surface area contributed by atoms with Gasteiger partial charge < -0.3 is 30.2 Å². The molecule has 0 aliphatic heterocycles. The summed E-state index contributed by atoms with van der Waals surface area (Å²) in [5, 5.41) is 7.34. The van der Waals surface area contributed by atoms with Gasteiger partial charge in [0.15, 0.2) is 17.3 Å². The van der Waals surface area contributed by atoms with Crippen molar-refractivity contribution in [3.05, 3.63) is 249 Å². The smallest absolute Gasteiger partial charge is 0.416 e. The molecule has 3 N–H and O–H groups in total. The van der Waals surface area contributed by atoms with Gasteiger partial charge in [0.25, 0.3) is 17.7 Å². The lowest BCUT2D eigenvalue weighted by Gasteiger charge is -2.15. The minimum absolute atomic E-state index is 0.0268. The number of halogens is 9. The fourth-order valence-corrected chi connectivity index (χ4v) is 7.69. The number of nitrogens with one attached hydrogen (secondary N) is 3. The van der Waals surface area contributed by atoms with E-state index in [1.165, 1.54) is 36.5 Å². The van der Waals surface area contributed by atoms with Gasteiger partial charge in [-0.2, -0.15) is 39.5 Å². The Morgan fingerprint density at radius 1 is 0.369 bits per heavy atom. The maximum Gasteiger partial charge on any atom is 0.416 e. The summed E-state index contributed by atoms with van der Waals surface area (Å²) in [5.41, 5.74) is -0.210. The number of ether oxygens (including phenoxy) is 3. The van der Waals surface area contributed by atoms with E-state index in [0.717, 1.165) is 71.3 Å². The first-order chi connectivity index (χ1) is 39.7. The molecule has 3 amide bonds. The van der Waals surface area contributed by atoms with Crippen molar-refractivity contribution in [3.8, 4) is 34.5 Å². The summed E-state index contributed by atoms with van der Waals surface area (Å²) in [5.74, 6) is -1.99. The number of hydrogen-bond acceptors (Lipinski definition) is 9. The zero-order valence-corrected chi connectivity index (χ0v) is 44.5. The SMILES string of the molecule is Cc1ccc(Oc2ccc(C(F)(F)F)cc2C(=O)NC2=CC(=O)CC=C2)cc1.Cc1ccc(Oc2ccc(C(F)(F)F)cc2C(=O)NC2=CC(=O)CC=C2)cc1.Cc1ccc(Oc2ccc(C(F)(F)F)cc2C(=O)NC2=CC(=O)CC=C2)cc1. The molecule has 0 atom stereocenters. The maximum atomic E-state index is 13.1. The van der Waals surface area contributed by atoms with Crippen LogP contribution in [0.3, 0.4) is 0 Å². The van der Waals surface area contributed by atoms with Gasteiger partial charge in [-0.05, 0) is 130 Å². The van der Waals surface area contributed by atoms with Gasteiger partial charge in [-0.3, -0.25) is 28.8 Å². The molecule has 3 aliphatic carbocycles. The third kappa shape index (κ3) is 17.7. The molecule has 0 saturated heterocycles. The van der Waals surface area contributed by atoms with Crippen LogP contribution in [0.4, 0.5) is 39.5 Å². The predicted molar refractivity (Wildman–Crippen MR) is 291 cm³/mol. The molecule has 6 aromatic rings. The van der Waals surface area contributed by atoms with Crippen LogP contribution in [0.15, 0.2) is 199 Å². The second kappa shape index (κ2) is 26.7. The molecule has 0 radical (unpaired) electrons. The highest BCUT2D eigenvalue weighted by Gasteiger charge is 2.35. The van der Waals surface area contributed by atoms with Crippen molar-refractivity contribution in [2.45, 2.75) is 58.6 Å². The summed E-state index contributed by atoms with van der Waals surface area (Å²) in [6, 6.07) is 28.7. The largest absolute Gasteiger partial charge is 0.457 e. The molecule has 21 heteroatoms. The van der Waals surface area contributed by atoms with Gasteiger partial charge in [-0.25, -0.2) is 0 Å². The Morgan fingerprint density at radius 2 is 0.607 bits per heavy atom. The molecule has 0 spiro atoms. The van der Waals surface area contributed by atoms with Crippen molar-refractivity contribution < 1.29 is 82.5 Å². The van der Waals surface area contributed by atoms with E-state index in [1.54, 1.807) is 91.0 Å². The van der Waals surface area contributed by atoms with E-state index >= 15 is 0 Å². The zero-order chi connectivity index (χ0) is 60.9. The summed E-state index contributed by atoms with van der Waals surface area (Å²) < 4.78 is 135. The number of amides is 3. The van der Waals surface area contributed by atoms with Crippen molar-refractivity contribution in [2.24, 2.45) is 0 Å². The molecular formula is C63H48F9N3O9. The number of allylic oxidation sites excluding steroid dienone is 9. The van der Waals surface area contributed by atoms with Crippen LogP contribution in [0.25, 0.3) is 0 Å². The lowest BCUT2D eigenvalue weighted by atomic mass is 10.1. The Balaban J connectivity index is 0.000000181. The van der Waals surface area contributed by atoms with Crippen molar-refractivity contribution in [1.29, 1.82) is 0 Å². The Bertz CT molecular complexity index is 3300. The van der Waals surface area contributed by atoms with Crippen LogP contribution < -0.4 is 30.2 Å².